The molecule has 0 heterocycles. The van der Waals surface area contributed by atoms with E-state index >= 15 is 0 Å². The number of ketones is 1. The number of halogens is 3. The summed E-state index contributed by atoms with van der Waals surface area (Å²) in [7, 11) is 1.48. The quantitative estimate of drug-likeness (QED) is 0.225. The van der Waals surface area contributed by atoms with Crippen LogP contribution in [0.3, 0.4) is 0 Å². The van der Waals surface area contributed by atoms with Crippen LogP contribution in [-0.4, -0.2) is 61.0 Å². The fourth-order valence-corrected chi connectivity index (χ4v) is 3.82. The molecule has 2 aromatic rings. The number of ether oxygens (including phenoxy) is 3. The second-order valence-electron chi connectivity index (χ2n) is 9.14. The van der Waals surface area contributed by atoms with Gasteiger partial charge in [0.1, 0.15) is 18.0 Å². The van der Waals surface area contributed by atoms with Crippen molar-refractivity contribution >= 4 is 64.0 Å². The van der Waals surface area contributed by atoms with Crippen LogP contribution in [0.5, 0.6) is 11.5 Å². The molecule has 0 aliphatic carbocycles. The fraction of sp³-hybridized carbons (Fsp3) is 0.423. The molecule has 2 rings (SSSR count). The van der Waals surface area contributed by atoms with Gasteiger partial charge in [0.15, 0.2) is 11.5 Å². The average Bonchev–Trinajstić information content (AvgIpc) is 2.79. The highest BCUT2D eigenvalue weighted by molar-refractivity contribution is 6.37. The summed E-state index contributed by atoms with van der Waals surface area (Å²) in [5.74, 6) is 0.617. The highest BCUT2D eigenvalue weighted by atomic mass is 35.5. The van der Waals surface area contributed by atoms with Crippen molar-refractivity contribution in [2.24, 2.45) is 0 Å². The van der Waals surface area contributed by atoms with Crippen LogP contribution < -0.4 is 14.4 Å². The number of Topliss-reactive ketones (excluding diaryl/α,β-unsaturated/α-hetero) is 1. The minimum absolute atomic E-state index is 0.155. The topological polar surface area (TPSA) is 85.4 Å². The minimum Gasteiger partial charge on any atom is -0.490 e. The summed E-state index contributed by atoms with van der Waals surface area (Å²) in [6.45, 7) is 6.63. The lowest BCUT2D eigenvalue weighted by Gasteiger charge is -2.24. The van der Waals surface area contributed by atoms with Crippen molar-refractivity contribution in [1.82, 2.24) is 4.90 Å². The minimum atomic E-state index is -0.656. The first-order chi connectivity index (χ1) is 17.3. The number of hydrogen-bond acceptors (Lipinski definition) is 6. The smallest absolute Gasteiger partial charge is 0.410 e. The molecule has 0 aliphatic heterocycles. The fourth-order valence-electron chi connectivity index (χ4n) is 3.12. The van der Waals surface area contributed by atoms with Crippen LogP contribution >= 0.6 is 34.8 Å². The number of carbonyl (C=O) groups is 3. The van der Waals surface area contributed by atoms with E-state index in [1.165, 1.54) is 23.8 Å². The lowest BCUT2D eigenvalue weighted by atomic mass is 10.2. The molecule has 0 aliphatic rings. The lowest BCUT2D eigenvalue weighted by Crippen LogP contribution is -2.38. The van der Waals surface area contributed by atoms with Gasteiger partial charge in [0.05, 0.1) is 28.9 Å². The molecule has 0 bridgehead atoms. The van der Waals surface area contributed by atoms with E-state index in [4.69, 9.17) is 49.0 Å². The predicted molar refractivity (Wildman–Crippen MR) is 146 cm³/mol. The van der Waals surface area contributed by atoms with Crippen molar-refractivity contribution in [3.05, 3.63) is 46.4 Å². The zero-order valence-corrected chi connectivity index (χ0v) is 23.7. The van der Waals surface area contributed by atoms with Crippen molar-refractivity contribution in [1.29, 1.82) is 0 Å². The third-order valence-electron chi connectivity index (χ3n) is 4.69. The van der Waals surface area contributed by atoms with Crippen molar-refractivity contribution in [3.63, 3.8) is 0 Å². The van der Waals surface area contributed by atoms with Crippen molar-refractivity contribution in [3.8, 4) is 11.5 Å². The summed E-state index contributed by atoms with van der Waals surface area (Å²) in [4.78, 5) is 39.4. The van der Waals surface area contributed by atoms with Crippen LogP contribution in [0.25, 0.3) is 0 Å². The van der Waals surface area contributed by atoms with Gasteiger partial charge in [-0.15, -0.1) is 11.6 Å². The van der Waals surface area contributed by atoms with Gasteiger partial charge in [-0.2, -0.15) is 0 Å². The molecule has 202 valence electrons. The third-order valence-corrected chi connectivity index (χ3v) is 5.52. The van der Waals surface area contributed by atoms with Gasteiger partial charge in [-0.3, -0.25) is 14.5 Å². The molecule has 0 radical (unpaired) electrons. The Balaban J connectivity index is 2.06. The molecule has 0 saturated heterocycles. The Morgan fingerprint density at radius 1 is 0.946 bits per heavy atom. The van der Waals surface area contributed by atoms with Gasteiger partial charge in [0.25, 0.3) is 0 Å². The van der Waals surface area contributed by atoms with Gasteiger partial charge in [-0.05, 0) is 63.6 Å². The van der Waals surface area contributed by atoms with Gasteiger partial charge in [0, 0.05) is 25.5 Å². The summed E-state index contributed by atoms with van der Waals surface area (Å²) in [5.41, 5.74) is 0.344. The van der Waals surface area contributed by atoms with Gasteiger partial charge < -0.3 is 19.1 Å². The van der Waals surface area contributed by atoms with Crippen LogP contribution in [0.2, 0.25) is 10.0 Å². The highest BCUT2D eigenvalue weighted by Crippen LogP contribution is 2.39. The molecule has 8 nitrogen and oxygen atoms in total. The zero-order chi connectivity index (χ0) is 27.8. The van der Waals surface area contributed by atoms with Gasteiger partial charge in [-0.25, -0.2) is 4.79 Å². The number of hydrogen-bond donors (Lipinski definition) is 0. The number of likely N-dealkylation sites (N-methyl/N-ethyl adjacent to an activating group) is 1. The lowest BCUT2D eigenvalue weighted by molar-refractivity contribution is -0.122. The average molecular weight is 574 g/mol. The molecule has 11 heteroatoms. The molecule has 0 atom stereocenters. The van der Waals surface area contributed by atoms with Gasteiger partial charge >= 0.3 is 6.09 Å². The van der Waals surface area contributed by atoms with Crippen LogP contribution in [0.1, 0.15) is 34.1 Å². The Kier molecular flexibility index (Phi) is 11.3. The summed E-state index contributed by atoms with van der Waals surface area (Å²) in [6, 6.07) is 9.78. The summed E-state index contributed by atoms with van der Waals surface area (Å²) < 4.78 is 16.4. The molecule has 0 saturated carbocycles. The second kappa shape index (κ2) is 13.7. The normalized spacial score (nSPS) is 11.0. The largest absolute Gasteiger partial charge is 0.490 e. The van der Waals surface area contributed by atoms with E-state index in [1.807, 2.05) is 0 Å². The second-order valence-corrected chi connectivity index (χ2v) is 10.3. The van der Waals surface area contributed by atoms with E-state index < -0.39 is 11.7 Å². The Morgan fingerprint density at radius 3 is 2.05 bits per heavy atom. The maximum absolute atomic E-state index is 12.5. The molecule has 2 amide bonds. The molecule has 0 N–H and O–H groups in total. The Morgan fingerprint density at radius 2 is 1.54 bits per heavy atom. The standard InChI is InChI=1S/C26H31Cl3N2O6/c1-17(32)31(19-13-22(28)24(23(29)14-19)35-12-6-11-27)18-7-9-21(10-8-18)36-16-20(33)15-30(5)25(34)37-26(2,3)4/h7-10,13-14H,6,11-12,15-16H2,1-5H3. The number of amides is 2. The van der Waals surface area contributed by atoms with E-state index in [2.05, 4.69) is 0 Å². The summed E-state index contributed by atoms with van der Waals surface area (Å²) >= 11 is 18.4. The Hall–Kier alpha value is -2.68. The number of nitrogens with zero attached hydrogens (tertiary/aromatic N) is 2. The maximum Gasteiger partial charge on any atom is 0.410 e. The van der Waals surface area contributed by atoms with E-state index in [-0.39, 0.29) is 34.9 Å². The first-order valence-corrected chi connectivity index (χ1v) is 12.8. The number of carbonyl (C=O) groups excluding carboxylic acids is 3. The van der Waals surface area contributed by atoms with E-state index in [9.17, 15) is 14.4 Å². The molecular formula is C26H31Cl3N2O6. The van der Waals surface area contributed by atoms with Crippen LogP contribution in [0.15, 0.2) is 36.4 Å². The van der Waals surface area contributed by atoms with Crippen LogP contribution in [-0.2, 0) is 14.3 Å². The highest BCUT2D eigenvalue weighted by Gasteiger charge is 2.22. The maximum atomic E-state index is 12.5. The van der Waals surface area contributed by atoms with Crippen molar-refractivity contribution in [2.75, 3.05) is 37.6 Å². The van der Waals surface area contributed by atoms with Gasteiger partial charge in [0.2, 0.25) is 5.91 Å². The van der Waals surface area contributed by atoms with Crippen molar-refractivity contribution < 1.29 is 28.6 Å². The summed E-state index contributed by atoms with van der Waals surface area (Å²) in [6.07, 6.45) is 0.0419. The predicted octanol–water partition coefficient (Wildman–Crippen LogP) is 6.50. The number of benzene rings is 2. The molecule has 0 spiro atoms. The molecule has 0 unspecified atom stereocenters. The monoisotopic (exact) mass is 572 g/mol. The van der Waals surface area contributed by atoms with Crippen molar-refractivity contribution in [2.45, 2.75) is 39.7 Å². The van der Waals surface area contributed by atoms with Crippen LogP contribution in [0, 0.1) is 0 Å². The number of rotatable bonds is 11. The van der Waals surface area contributed by atoms with Gasteiger partial charge in [-0.1, -0.05) is 23.2 Å². The van der Waals surface area contributed by atoms with E-state index in [0.29, 0.717) is 41.8 Å². The first-order valence-electron chi connectivity index (χ1n) is 11.5. The summed E-state index contributed by atoms with van der Waals surface area (Å²) in [5, 5.41) is 0.524. The molecule has 2 aromatic carbocycles. The first kappa shape index (κ1) is 30.5. The number of alkyl halides is 1. The third kappa shape index (κ3) is 9.61. The Labute approximate surface area is 232 Å². The molecule has 0 fully saturated rings. The molecule has 0 aromatic heterocycles. The SMILES string of the molecule is CC(=O)N(c1ccc(OCC(=O)CN(C)C(=O)OC(C)(C)C)cc1)c1cc(Cl)c(OCCCCl)c(Cl)c1. The Bertz CT molecular complexity index is 1080. The number of anilines is 2. The van der Waals surface area contributed by atoms with E-state index in [0.717, 1.165) is 0 Å². The van der Waals surface area contributed by atoms with Crippen LogP contribution in [0.4, 0.5) is 16.2 Å². The molecular weight excluding hydrogens is 543 g/mol. The molecule has 37 heavy (non-hydrogen) atoms. The zero-order valence-electron chi connectivity index (χ0n) is 21.5. The van der Waals surface area contributed by atoms with E-state index in [1.54, 1.807) is 57.2 Å².